The molecule has 21 heavy (non-hydrogen) atoms. The third-order valence-corrected chi connectivity index (χ3v) is 5.31. The van der Waals surface area contributed by atoms with Crippen molar-refractivity contribution >= 4 is 11.9 Å². The summed E-state index contributed by atoms with van der Waals surface area (Å²) in [6.45, 7) is 2.12. The molecule has 0 aromatic heterocycles. The minimum absolute atomic E-state index is 0.139. The van der Waals surface area contributed by atoms with Gasteiger partial charge in [0.15, 0.2) is 0 Å². The predicted molar refractivity (Wildman–Crippen MR) is 78.2 cm³/mol. The molecule has 3 amide bonds. The number of fused-ring (bicyclic) bond motifs is 1. The lowest BCUT2D eigenvalue weighted by Crippen LogP contribution is -2.45. The van der Waals surface area contributed by atoms with Crippen LogP contribution in [0.2, 0.25) is 0 Å². The van der Waals surface area contributed by atoms with Gasteiger partial charge in [-0.25, -0.2) is 4.79 Å². The van der Waals surface area contributed by atoms with E-state index in [1.807, 2.05) is 0 Å². The van der Waals surface area contributed by atoms with Crippen LogP contribution in [0.1, 0.15) is 26.2 Å². The summed E-state index contributed by atoms with van der Waals surface area (Å²) in [6, 6.07) is 0.0650. The highest BCUT2D eigenvalue weighted by Gasteiger charge is 2.57. The fourth-order valence-electron chi connectivity index (χ4n) is 4.04. The van der Waals surface area contributed by atoms with Crippen molar-refractivity contribution in [3.05, 3.63) is 35.1 Å². The summed E-state index contributed by atoms with van der Waals surface area (Å²) < 4.78 is 0. The molecule has 1 saturated heterocycles. The number of likely N-dealkylation sites (N-methyl/N-ethyl adjacent to an activating group) is 1. The van der Waals surface area contributed by atoms with E-state index in [2.05, 4.69) is 35.8 Å². The van der Waals surface area contributed by atoms with Gasteiger partial charge in [0, 0.05) is 25.2 Å². The standard InChI is InChI=1S/C16H19N3O2/c1-9-3-4-10-5-11-7-16(8-12(11)6-13(10)17-9)14(20)18-15(21)19(16)2/h3-4,6,9,11,17H,5,7-8H2,1-2H3,(H,18,20,21)/t9?,11?,16-/m1/s1. The summed E-state index contributed by atoms with van der Waals surface area (Å²) in [4.78, 5) is 25.7. The van der Waals surface area contributed by atoms with Crippen molar-refractivity contribution in [1.29, 1.82) is 0 Å². The van der Waals surface area contributed by atoms with Crippen LogP contribution in [0.3, 0.4) is 0 Å². The van der Waals surface area contributed by atoms with Gasteiger partial charge < -0.3 is 10.2 Å². The Hall–Kier alpha value is -2.04. The first-order chi connectivity index (χ1) is 9.99. The van der Waals surface area contributed by atoms with Gasteiger partial charge in [0.1, 0.15) is 5.54 Å². The van der Waals surface area contributed by atoms with Gasteiger partial charge in [0.05, 0.1) is 0 Å². The number of allylic oxidation sites excluding steroid dienone is 3. The zero-order valence-corrected chi connectivity index (χ0v) is 12.3. The number of imide groups is 1. The smallest absolute Gasteiger partial charge is 0.324 e. The van der Waals surface area contributed by atoms with Gasteiger partial charge in [0.2, 0.25) is 0 Å². The summed E-state index contributed by atoms with van der Waals surface area (Å²) in [7, 11) is 1.73. The number of hydrogen-bond donors (Lipinski definition) is 2. The third-order valence-electron chi connectivity index (χ3n) is 5.31. The highest BCUT2D eigenvalue weighted by molar-refractivity contribution is 6.07. The molecule has 0 aromatic rings. The average molecular weight is 285 g/mol. The normalized spacial score (nSPS) is 37.4. The van der Waals surface area contributed by atoms with Crippen molar-refractivity contribution in [3.8, 4) is 0 Å². The molecule has 2 fully saturated rings. The fraction of sp³-hybridized carbons (Fsp3) is 0.500. The van der Waals surface area contributed by atoms with Crippen LogP contribution < -0.4 is 10.6 Å². The van der Waals surface area contributed by atoms with Crippen LogP contribution in [-0.2, 0) is 4.79 Å². The summed E-state index contributed by atoms with van der Waals surface area (Å²) in [5.74, 6) is 0.225. The van der Waals surface area contributed by atoms with Crippen LogP contribution in [0.4, 0.5) is 4.79 Å². The van der Waals surface area contributed by atoms with Gasteiger partial charge in [-0.05, 0) is 37.3 Å². The first kappa shape index (κ1) is 12.7. The highest BCUT2D eigenvalue weighted by atomic mass is 16.2. The quantitative estimate of drug-likeness (QED) is 0.662. The lowest BCUT2D eigenvalue weighted by molar-refractivity contribution is -0.126. The largest absolute Gasteiger partial charge is 0.379 e. The molecule has 5 heteroatoms. The Morgan fingerprint density at radius 2 is 2.19 bits per heavy atom. The maximum Gasteiger partial charge on any atom is 0.324 e. The van der Waals surface area contributed by atoms with E-state index in [4.69, 9.17) is 0 Å². The molecule has 2 aliphatic heterocycles. The Bertz CT molecular complexity index is 646. The van der Waals surface area contributed by atoms with E-state index in [-0.39, 0.29) is 11.9 Å². The Balaban J connectivity index is 1.67. The fourth-order valence-corrected chi connectivity index (χ4v) is 4.04. The summed E-state index contributed by atoms with van der Waals surface area (Å²) >= 11 is 0. The SMILES string of the molecule is CC1C=CC2=C(C=C3C[C@]4(CC3C2)C(=O)NC(=O)N4C)N1. The molecule has 1 saturated carbocycles. The van der Waals surface area contributed by atoms with E-state index in [1.54, 1.807) is 11.9 Å². The van der Waals surface area contributed by atoms with Crippen LogP contribution in [-0.4, -0.2) is 35.5 Å². The van der Waals surface area contributed by atoms with Crippen LogP contribution in [0, 0.1) is 5.92 Å². The molecule has 2 aliphatic carbocycles. The molecule has 4 aliphatic rings. The van der Waals surface area contributed by atoms with Gasteiger partial charge >= 0.3 is 6.03 Å². The lowest BCUT2D eigenvalue weighted by atomic mass is 9.85. The number of carbonyl (C=O) groups is 2. The van der Waals surface area contributed by atoms with Gasteiger partial charge in [-0.2, -0.15) is 0 Å². The van der Waals surface area contributed by atoms with Crippen molar-refractivity contribution in [2.45, 2.75) is 37.8 Å². The summed E-state index contributed by atoms with van der Waals surface area (Å²) in [5, 5.41) is 5.93. The number of rotatable bonds is 0. The molecule has 2 heterocycles. The first-order valence-corrected chi connectivity index (χ1v) is 7.47. The van der Waals surface area contributed by atoms with Gasteiger partial charge in [-0.3, -0.25) is 10.1 Å². The Kier molecular flexibility index (Phi) is 2.41. The molecule has 5 nitrogen and oxygen atoms in total. The van der Waals surface area contributed by atoms with Crippen molar-refractivity contribution in [3.63, 3.8) is 0 Å². The zero-order valence-electron chi connectivity index (χ0n) is 12.3. The molecule has 0 aromatic carbocycles. The molecule has 2 unspecified atom stereocenters. The van der Waals surface area contributed by atoms with E-state index >= 15 is 0 Å². The minimum Gasteiger partial charge on any atom is -0.379 e. The number of nitrogens with zero attached hydrogens (tertiary/aromatic N) is 1. The van der Waals surface area contributed by atoms with E-state index < -0.39 is 5.54 Å². The van der Waals surface area contributed by atoms with E-state index in [0.29, 0.717) is 18.4 Å². The second-order valence-electron chi connectivity index (χ2n) is 6.58. The van der Waals surface area contributed by atoms with E-state index in [9.17, 15) is 9.59 Å². The summed E-state index contributed by atoms with van der Waals surface area (Å²) in [6.07, 6.45) is 8.89. The van der Waals surface area contributed by atoms with Gasteiger partial charge in [-0.1, -0.05) is 17.7 Å². The zero-order chi connectivity index (χ0) is 14.8. The lowest BCUT2D eigenvalue weighted by Gasteiger charge is -2.28. The Morgan fingerprint density at radius 1 is 1.38 bits per heavy atom. The van der Waals surface area contributed by atoms with Crippen molar-refractivity contribution < 1.29 is 9.59 Å². The van der Waals surface area contributed by atoms with Gasteiger partial charge in [-0.15, -0.1) is 0 Å². The maximum absolute atomic E-state index is 12.3. The number of hydrogen-bond acceptors (Lipinski definition) is 3. The van der Waals surface area contributed by atoms with Gasteiger partial charge in [0.25, 0.3) is 5.91 Å². The topological polar surface area (TPSA) is 61.4 Å². The number of amides is 3. The maximum atomic E-state index is 12.3. The monoisotopic (exact) mass is 285 g/mol. The van der Waals surface area contributed by atoms with Crippen LogP contribution in [0.15, 0.2) is 35.1 Å². The molecular weight excluding hydrogens is 266 g/mol. The van der Waals surface area contributed by atoms with Crippen LogP contribution in [0.5, 0.6) is 0 Å². The van der Waals surface area contributed by atoms with Crippen molar-refractivity contribution in [2.24, 2.45) is 5.92 Å². The molecule has 110 valence electrons. The third kappa shape index (κ3) is 1.63. The van der Waals surface area contributed by atoms with Crippen LogP contribution in [0.25, 0.3) is 0 Å². The summed E-state index contributed by atoms with van der Waals surface area (Å²) in [5.41, 5.74) is 3.12. The molecule has 1 spiro atoms. The predicted octanol–water partition coefficient (Wildman–Crippen LogP) is 1.45. The number of dihydropyridines is 1. The van der Waals surface area contributed by atoms with Crippen LogP contribution >= 0.6 is 0 Å². The minimum atomic E-state index is -0.669. The average Bonchev–Trinajstić information content (AvgIpc) is 2.91. The molecule has 2 N–H and O–H groups in total. The van der Waals surface area contributed by atoms with Crippen molar-refractivity contribution in [2.75, 3.05) is 7.05 Å². The number of carbonyl (C=O) groups excluding carboxylic acids is 2. The second-order valence-corrected chi connectivity index (χ2v) is 6.58. The number of urea groups is 1. The van der Waals surface area contributed by atoms with E-state index in [0.717, 1.165) is 12.8 Å². The van der Waals surface area contributed by atoms with Crippen molar-refractivity contribution in [1.82, 2.24) is 15.5 Å². The van der Waals surface area contributed by atoms with E-state index in [1.165, 1.54) is 16.8 Å². The first-order valence-electron chi connectivity index (χ1n) is 7.47. The Morgan fingerprint density at radius 3 is 2.90 bits per heavy atom. The Labute approximate surface area is 123 Å². The molecule has 0 bridgehead atoms. The molecule has 3 atom stereocenters. The molecule has 0 radical (unpaired) electrons. The highest BCUT2D eigenvalue weighted by Crippen LogP contribution is 2.49. The molecular formula is C16H19N3O2. The molecule has 4 rings (SSSR count). The number of nitrogens with one attached hydrogen (secondary N) is 2. The second kappa shape index (κ2) is 4.00.